The molecule has 0 aliphatic carbocycles. The molecule has 0 saturated heterocycles. The van der Waals surface area contributed by atoms with Crippen molar-refractivity contribution in [2.24, 2.45) is 0 Å². The van der Waals surface area contributed by atoms with Crippen LogP contribution in [0, 0.1) is 10.1 Å². The second-order valence-corrected chi connectivity index (χ2v) is 5.55. The Labute approximate surface area is 154 Å². The Morgan fingerprint density at radius 2 is 1.96 bits per heavy atom. The van der Waals surface area contributed by atoms with E-state index in [4.69, 9.17) is 26.2 Å². The van der Waals surface area contributed by atoms with Crippen molar-refractivity contribution < 1.29 is 24.3 Å². The van der Waals surface area contributed by atoms with Gasteiger partial charge in [-0.05, 0) is 48.4 Å². The number of non-ortho nitro benzene ring substituents is 1. The molecule has 2 rings (SSSR count). The molecule has 0 heterocycles. The van der Waals surface area contributed by atoms with E-state index in [2.05, 4.69) is 0 Å². The summed E-state index contributed by atoms with van der Waals surface area (Å²) in [6.45, 7) is 2.31. The summed E-state index contributed by atoms with van der Waals surface area (Å²) >= 11 is 6.24. The van der Waals surface area contributed by atoms with Gasteiger partial charge >= 0.3 is 5.97 Å². The van der Waals surface area contributed by atoms with Gasteiger partial charge in [0.15, 0.2) is 11.5 Å². The number of aliphatic carboxylic acids is 1. The summed E-state index contributed by atoms with van der Waals surface area (Å²) in [5.41, 5.74) is 1.28. The van der Waals surface area contributed by atoms with E-state index in [1.807, 2.05) is 0 Å². The predicted molar refractivity (Wildman–Crippen MR) is 96.7 cm³/mol. The fraction of sp³-hybridized carbons (Fsp3) is 0.167. The Bertz CT molecular complexity index is 832. The molecule has 26 heavy (non-hydrogen) atoms. The van der Waals surface area contributed by atoms with E-state index in [0.717, 1.165) is 11.6 Å². The minimum absolute atomic E-state index is 0.00337. The van der Waals surface area contributed by atoms with Gasteiger partial charge in [-0.3, -0.25) is 10.1 Å². The van der Waals surface area contributed by atoms with Crippen LogP contribution >= 0.6 is 11.6 Å². The summed E-state index contributed by atoms with van der Waals surface area (Å²) in [7, 11) is 0. The highest BCUT2D eigenvalue weighted by Crippen LogP contribution is 2.37. The SMILES string of the molecule is CCOc1cc(C=CC(=O)O)cc(Cl)c1OCc1ccc([N+](=O)[O-])cc1. The number of nitro groups is 1. The maximum atomic E-state index is 10.7. The van der Waals surface area contributed by atoms with E-state index in [0.29, 0.717) is 23.7 Å². The first-order valence-electron chi connectivity index (χ1n) is 7.64. The number of benzene rings is 2. The van der Waals surface area contributed by atoms with Crippen LogP contribution in [0.1, 0.15) is 18.1 Å². The van der Waals surface area contributed by atoms with Crippen molar-refractivity contribution in [1.29, 1.82) is 0 Å². The number of carbonyl (C=O) groups is 1. The Kier molecular flexibility index (Phi) is 6.57. The minimum Gasteiger partial charge on any atom is -0.490 e. The summed E-state index contributed by atoms with van der Waals surface area (Å²) in [5, 5.41) is 19.7. The molecule has 0 aromatic heterocycles. The van der Waals surface area contributed by atoms with Crippen LogP contribution in [0.5, 0.6) is 11.5 Å². The molecule has 0 aliphatic heterocycles. The largest absolute Gasteiger partial charge is 0.490 e. The van der Waals surface area contributed by atoms with Crippen LogP contribution in [0.25, 0.3) is 6.08 Å². The lowest BCUT2D eigenvalue weighted by Crippen LogP contribution is -2.01. The third kappa shape index (κ3) is 5.22. The lowest BCUT2D eigenvalue weighted by atomic mass is 10.1. The number of hydrogen-bond acceptors (Lipinski definition) is 5. The lowest BCUT2D eigenvalue weighted by molar-refractivity contribution is -0.384. The third-order valence-corrected chi connectivity index (χ3v) is 3.56. The van der Waals surface area contributed by atoms with Crippen molar-refractivity contribution in [3.8, 4) is 11.5 Å². The molecular formula is C18H16ClNO6. The number of nitrogens with zero attached hydrogens (tertiary/aromatic N) is 1. The molecule has 8 heteroatoms. The fourth-order valence-corrected chi connectivity index (χ4v) is 2.40. The monoisotopic (exact) mass is 377 g/mol. The zero-order valence-electron chi connectivity index (χ0n) is 13.8. The molecule has 0 amide bonds. The van der Waals surface area contributed by atoms with Crippen LogP contribution in [-0.2, 0) is 11.4 Å². The van der Waals surface area contributed by atoms with E-state index >= 15 is 0 Å². The molecule has 0 spiro atoms. The van der Waals surface area contributed by atoms with E-state index in [1.54, 1.807) is 31.2 Å². The number of hydrogen-bond donors (Lipinski definition) is 1. The number of halogens is 1. The Balaban J connectivity index is 2.21. The van der Waals surface area contributed by atoms with Crippen LogP contribution < -0.4 is 9.47 Å². The highest BCUT2D eigenvalue weighted by Gasteiger charge is 2.13. The third-order valence-electron chi connectivity index (χ3n) is 3.28. The van der Waals surface area contributed by atoms with Crippen molar-refractivity contribution in [2.45, 2.75) is 13.5 Å². The molecular weight excluding hydrogens is 362 g/mol. The zero-order chi connectivity index (χ0) is 19.1. The summed E-state index contributed by atoms with van der Waals surface area (Å²) in [6.07, 6.45) is 2.40. The van der Waals surface area contributed by atoms with Crippen LogP contribution in [0.4, 0.5) is 5.69 Å². The van der Waals surface area contributed by atoms with Crippen LogP contribution in [-0.4, -0.2) is 22.6 Å². The minimum atomic E-state index is -1.07. The molecule has 0 saturated carbocycles. The van der Waals surface area contributed by atoms with Crippen LogP contribution in [0.3, 0.4) is 0 Å². The van der Waals surface area contributed by atoms with Gasteiger partial charge in [-0.1, -0.05) is 11.6 Å². The maximum absolute atomic E-state index is 10.7. The average Bonchev–Trinajstić information content (AvgIpc) is 2.60. The summed E-state index contributed by atoms with van der Waals surface area (Å²) in [6, 6.07) is 9.16. The predicted octanol–water partition coefficient (Wildman–Crippen LogP) is 4.32. The number of carboxylic acid groups (broad SMARTS) is 1. The van der Waals surface area contributed by atoms with Crippen molar-refractivity contribution in [1.82, 2.24) is 0 Å². The summed E-state index contributed by atoms with van der Waals surface area (Å²) in [5.74, 6) is -0.371. The highest BCUT2D eigenvalue weighted by atomic mass is 35.5. The van der Waals surface area contributed by atoms with Gasteiger partial charge in [0.05, 0.1) is 16.6 Å². The molecule has 1 N–H and O–H groups in total. The van der Waals surface area contributed by atoms with Gasteiger partial charge in [-0.2, -0.15) is 0 Å². The van der Waals surface area contributed by atoms with Gasteiger partial charge in [0, 0.05) is 18.2 Å². The van der Waals surface area contributed by atoms with Crippen molar-refractivity contribution >= 4 is 29.3 Å². The van der Waals surface area contributed by atoms with E-state index in [-0.39, 0.29) is 17.3 Å². The molecule has 0 bridgehead atoms. The molecule has 2 aromatic carbocycles. The summed E-state index contributed by atoms with van der Waals surface area (Å²) in [4.78, 5) is 20.8. The molecule has 2 aromatic rings. The number of rotatable bonds is 8. The quantitative estimate of drug-likeness (QED) is 0.417. The van der Waals surface area contributed by atoms with Crippen LogP contribution in [0.15, 0.2) is 42.5 Å². The first-order valence-corrected chi connectivity index (χ1v) is 8.02. The van der Waals surface area contributed by atoms with Crippen molar-refractivity contribution in [2.75, 3.05) is 6.61 Å². The van der Waals surface area contributed by atoms with Crippen LogP contribution in [0.2, 0.25) is 5.02 Å². The highest BCUT2D eigenvalue weighted by molar-refractivity contribution is 6.32. The lowest BCUT2D eigenvalue weighted by Gasteiger charge is -2.14. The Morgan fingerprint density at radius 1 is 1.27 bits per heavy atom. The Morgan fingerprint density at radius 3 is 2.54 bits per heavy atom. The normalized spacial score (nSPS) is 10.7. The molecule has 0 fully saturated rings. The number of nitro benzene ring substituents is 1. The fourth-order valence-electron chi connectivity index (χ4n) is 2.12. The van der Waals surface area contributed by atoms with Gasteiger partial charge in [0.25, 0.3) is 5.69 Å². The maximum Gasteiger partial charge on any atom is 0.328 e. The van der Waals surface area contributed by atoms with E-state index in [1.165, 1.54) is 18.2 Å². The molecule has 0 atom stereocenters. The zero-order valence-corrected chi connectivity index (χ0v) is 14.6. The van der Waals surface area contributed by atoms with Gasteiger partial charge in [-0.25, -0.2) is 4.79 Å². The average molecular weight is 378 g/mol. The molecule has 7 nitrogen and oxygen atoms in total. The molecule has 0 unspecified atom stereocenters. The first-order chi connectivity index (χ1) is 12.4. The van der Waals surface area contributed by atoms with E-state index in [9.17, 15) is 14.9 Å². The number of carboxylic acids is 1. The molecule has 0 radical (unpaired) electrons. The van der Waals surface area contributed by atoms with Crippen molar-refractivity contribution in [3.05, 3.63) is 68.7 Å². The number of ether oxygens (including phenoxy) is 2. The van der Waals surface area contributed by atoms with Gasteiger partial charge in [0.2, 0.25) is 0 Å². The Hall–Kier alpha value is -3.06. The summed E-state index contributed by atoms with van der Waals surface area (Å²) < 4.78 is 11.2. The second-order valence-electron chi connectivity index (χ2n) is 5.15. The smallest absolute Gasteiger partial charge is 0.328 e. The molecule has 0 aliphatic rings. The van der Waals surface area contributed by atoms with Crippen molar-refractivity contribution in [3.63, 3.8) is 0 Å². The van der Waals surface area contributed by atoms with Gasteiger partial charge in [0.1, 0.15) is 6.61 Å². The van der Waals surface area contributed by atoms with Gasteiger partial charge < -0.3 is 14.6 Å². The van der Waals surface area contributed by atoms with E-state index < -0.39 is 10.9 Å². The first kappa shape index (κ1) is 19.3. The standard InChI is InChI=1S/C18H16ClNO6/c1-2-25-16-10-13(5-8-17(21)22)9-15(19)18(16)26-11-12-3-6-14(7-4-12)20(23)24/h3-10H,2,11H2,1H3,(H,21,22). The molecule has 136 valence electrons. The second kappa shape index (κ2) is 8.87. The van der Waals surface area contributed by atoms with Gasteiger partial charge in [-0.15, -0.1) is 0 Å². The topological polar surface area (TPSA) is 98.9 Å².